The van der Waals surface area contributed by atoms with E-state index in [9.17, 15) is 4.39 Å². The molecule has 0 unspecified atom stereocenters. The predicted molar refractivity (Wildman–Crippen MR) is 101 cm³/mol. The number of nitrogens with zero attached hydrogens (tertiary/aromatic N) is 1. The van der Waals surface area contributed by atoms with Gasteiger partial charge in [-0.2, -0.15) is 0 Å². The molecule has 0 aliphatic carbocycles. The molecule has 0 aliphatic rings. The molecular formula is C20H18FN3S. The number of halogens is 1. The highest BCUT2D eigenvalue weighted by Gasteiger charge is 2.14. The van der Waals surface area contributed by atoms with Crippen LogP contribution in [0.1, 0.15) is 22.7 Å². The van der Waals surface area contributed by atoms with Crippen LogP contribution < -0.4 is 10.6 Å². The highest BCUT2D eigenvalue weighted by molar-refractivity contribution is 7.80. The van der Waals surface area contributed by atoms with E-state index in [1.54, 1.807) is 24.5 Å². The summed E-state index contributed by atoms with van der Waals surface area (Å²) in [5, 5.41) is 7.06. The summed E-state index contributed by atoms with van der Waals surface area (Å²) in [5.74, 6) is -0.244. The molecule has 3 rings (SSSR count). The molecule has 1 atom stereocenters. The van der Waals surface area contributed by atoms with Crippen molar-refractivity contribution in [3.63, 3.8) is 0 Å². The predicted octanol–water partition coefficient (Wildman–Crippen LogP) is 3.97. The zero-order chi connectivity index (χ0) is 17.5. The SMILES string of the molecule is Fc1ccc(CNC(=S)N[C@@H](c2ccccc2)c2ccncc2)cc1. The zero-order valence-corrected chi connectivity index (χ0v) is 14.3. The summed E-state index contributed by atoms with van der Waals surface area (Å²) in [6.45, 7) is 0.532. The van der Waals surface area contributed by atoms with E-state index in [4.69, 9.17) is 12.2 Å². The van der Waals surface area contributed by atoms with Crippen molar-refractivity contribution in [2.24, 2.45) is 0 Å². The fraction of sp³-hybridized carbons (Fsp3) is 0.100. The molecule has 0 aliphatic heterocycles. The quantitative estimate of drug-likeness (QED) is 0.682. The van der Waals surface area contributed by atoms with Gasteiger partial charge in [-0.05, 0) is 53.2 Å². The third kappa shape index (κ3) is 4.84. The van der Waals surface area contributed by atoms with Gasteiger partial charge in [0.25, 0.3) is 0 Å². The van der Waals surface area contributed by atoms with Gasteiger partial charge in [-0.1, -0.05) is 42.5 Å². The largest absolute Gasteiger partial charge is 0.359 e. The molecule has 0 amide bonds. The Kier molecular flexibility index (Phi) is 5.69. The first-order valence-electron chi connectivity index (χ1n) is 7.96. The highest BCUT2D eigenvalue weighted by Crippen LogP contribution is 2.21. The molecule has 1 heterocycles. The summed E-state index contributed by atoms with van der Waals surface area (Å²) in [6, 6.07) is 20.3. The number of benzene rings is 2. The number of hydrogen-bond donors (Lipinski definition) is 2. The van der Waals surface area contributed by atoms with Crippen LogP contribution in [0.15, 0.2) is 79.1 Å². The molecular weight excluding hydrogens is 333 g/mol. The summed E-state index contributed by atoms with van der Waals surface area (Å²) in [6.07, 6.45) is 3.53. The fourth-order valence-corrected chi connectivity index (χ4v) is 2.72. The Hall–Kier alpha value is -2.79. The lowest BCUT2D eigenvalue weighted by Crippen LogP contribution is -2.37. The van der Waals surface area contributed by atoms with E-state index in [0.29, 0.717) is 11.7 Å². The zero-order valence-electron chi connectivity index (χ0n) is 13.5. The Balaban J connectivity index is 1.69. The minimum atomic E-state index is -0.244. The number of hydrogen-bond acceptors (Lipinski definition) is 2. The van der Waals surface area contributed by atoms with Crippen molar-refractivity contribution in [2.75, 3.05) is 0 Å². The van der Waals surface area contributed by atoms with Gasteiger partial charge in [0.15, 0.2) is 5.11 Å². The molecule has 0 fully saturated rings. The molecule has 2 N–H and O–H groups in total. The van der Waals surface area contributed by atoms with Crippen LogP contribution in [0, 0.1) is 5.82 Å². The smallest absolute Gasteiger partial charge is 0.167 e. The van der Waals surface area contributed by atoms with Crippen LogP contribution in [0.3, 0.4) is 0 Å². The van der Waals surface area contributed by atoms with Gasteiger partial charge in [0.1, 0.15) is 5.82 Å². The summed E-state index contributed by atoms with van der Waals surface area (Å²) in [4.78, 5) is 4.08. The first-order chi connectivity index (χ1) is 12.2. The summed E-state index contributed by atoms with van der Waals surface area (Å²) in [5.41, 5.74) is 3.15. The Morgan fingerprint density at radius 3 is 2.24 bits per heavy atom. The third-order valence-electron chi connectivity index (χ3n) is 3.81. The maximum atomic E-state index is 13.0. The Morgan fingerprint density at radius 1 is 0.920 bits per heavy atom. The lowest BCUT2D eigenvalue weighted by atomic mass is 10.00. The molecule has 126 valence electrons. The Labute approximate surface area is 151 Å². The van der Waals surface area contributed by atoms with Crippen molar-refractivity contribution in [3.8, 4) is 0 Å². The number of pyridine rings is 1. The Morgan fingerprint density at radius 2 is 1.56 bits per heavy atom. The molecule has 3 nitrogen and oxygen atoms in total. The van der Waals surface area contributed by atoms with E-state index < -0.39 is 0 Å². The molecule has 5 heteroatoms. The van der Waals surface area contributed by atoms with E-state index in [2.05, 4.69) is 27.8 Å². The molecule has 2 aromatic carbocycles. The number of thiocarbonyl (C=S) groups is 1. The molecule has 0 saturated carbocycles. The standard InChI is InChI=1S/C20H18FN3S/c21-18-8-6-15(7-9-18)14-23-20(25)24-19(16-4-2-1-3-5-16)17-10-12-22-13-11-17/h1-13,19H,14H2,(H2,23,24,25)/t19-/m0/s1. The third-order valence-corrected chi connectivity index (χ3v) is 4.08. The first kappa shape index (κ1) is 17.0. The topological polar surface area (TPSA) is 37.0 Å². The first-order valence-corrected chi connectivity index (χ1v) is 8.37. The maximum absolute atomic E-state index is 13.0. The second-order valence-electron chi connectivity index (χ2n) is 5.58. The van der Waals surface area contributed by atoms with Crippen LogP contribution in [-0.2, 0) is 6.54 Å². The van der Waals surface area contributed by atoms with Crippen molar-refractivity contribution in [1.29, 1.82) is 0 Å². The molecule has 25 heavy (non-hydrogen) atoms. The Bertz CT molecular complexity index is 768. The lowest BCUT2D eigenvalue weighted by molar-refractivity contribution is 0.626. The van der Waals surface area contributed by atoms with E-state index in [1.807, 2.05) is 30.3 Å². The number of rotatable bonds is 5. The molecule has 3 aromatic rings. The van der Waals surface area contributed by atoms with Crippen molar-refractivity contribution < 1.29 is 4.39 Å². The molecule has 1 aromatic heterocycles. The van der Waals surface area contributed by atoms with Crippen LogP contribution in [0.4, 0.5) is 4.39 Å². The average molecular weight is 351 g/mol. The lowest BCUT2D eigenvalue weighted by Gasteiger charge is -2.22. The second kappa shape index (κ2) is 8.35. The van der Waals surface area contributed by atoms with Gasteiger partial charge in [-0.15, -0.1) is 0 Å². The minimum absolute atomic E-state index is 0.0718. The van der Waals surface area contributed by atoms with Gasteiger partial charge >= 0.3 is 0 Å². The number of nitrogens with one attached hydrogen (secondary N) is 2. The maximum Gasteiger partial charge on any atom is 0.167 e. The van der Waals surface area contributed by atoms with Gasteiger partial charge in [0.2, 0.25) is 0 Å². The van der Waals surface area contributed by atoms with Gasteiger partial charge in [0, 0.05) is 18.9 Å². The van der Waals surface area contributed by atoms with Crippen LogP contribution in [0.5, 0.6) is 0 Å². The van der Waals surface area contributed by atoms with Gasteiger partial charge < -0.3 is 10.6 Å². The monoisotopic (exact) mass is 351 g/mol. The van der Waals surface area contributed by atoms with Crippen LogP contribution in [0.2, 0.25) is 0 Å². The van der Waals surface area contributed by atoms with Crippen molar-refractivity contribution in [3.05, 3.63) is 102 Å². The van der Waals surface area contributed by atoms with Crippen molar-refractivity contribution in [2.45, 2.75) is 12.6 Å². The van der Waals surface area contributed by atoms with Gasteiger partial charge in [-0.3, -0.25) is 4.98 Å². The van der Waals surface area contributed by atoms with Crippen molar-refractivity contribution >= 4 is 17.3 Å². The van der Waals surface area contributed by atoms with E-state index >= 15 is 0 Å². The van der Waals surface area contributed by atoms with E-state index in [1.165, 1.54) is 12.1 Å². The summed E-state index contributed by atoms with van der Waals surface area (Å²) >= 11 is 5.44. The molecule has 0 bridgehead atoms. The second-order valence-corrected chi connectivity index (χ2v) is 5.99. The van der Waals surface area contributed by atoms with Crippen LogP contribution in [-0.4, -0.2) is 10.1 Å². The number of aromatic nitrogens is 1. The average Bonchev–Trinajstić information content (AvgIpc) is 2.67. The van der Waals surface area contributed by atoms with Crippen LogP contribution >= 0.6 is 12.2 Å². The normalized spacial score (nSPS) is 11.6. The molecule has 0 radical (unpaired) electrons. The van der Waals surface area contributed by atoms with Gasteiger partial charge in [0.05, 0.1) is 6.04 Å². The fourth-order valence-electron chi connectivity index (χ4n) is 2.53. The van der Waals surface area contributed by atoms with Crippen molar-refractivity contribution in [1.82, 2.24) is 15.6 Å². The minimum Gasteiger partial charge on any atom is -0.359 e. The summed E-state index contributed by atoms with van der Waals surface area (Å²) in [7, 11) is 0. The summed E-state index contributed by atoms with van der Waals surface area (Å²) < 4.78 is 13.0. The molecule has 0 saturated heterocycles. The van der Waals surface area contributed by atoms with Crippen LogP contribution in [0.25, 0.3) is 0 Å². The highest BCUT2D eigenvalue weighted by atomic mass is 32.1. The van der Waals surface area contributed by atoms with E-state index in [0.717, 1.165) is 16.7 Å². The van der Waals surface area contributed by atoms with Gasteiger partial charge in [-0.25, -0.2) is 4.39 Å². The van der Waals surface area contributed by atoms with E-state index in [-0.39, 0.29) is 11.9 Å². The molecule has 0 spiro atoms.